The number of hydrogen-bond donors (Lipinski definition) is 1. The van der Waals surface area contributed by atoms with Crippen LogP contribution in [0.3, 0.4) is 0 Å². The SMILES string of the molecule is Cc1ccc([C@@H]2NC(=O)OCC2(F)F)c(Br)c1. The summed E-state index contributed by atoms with van der Waals surface area (Å²) in [5.74, 6) is -3.12. The predicted molar refractivity (Wildman–Crippen MR) is 61.1 cm³/mol. The Labute approximate surface area is 105 Å². The van der Waals surface area contributed by atoms with Gasteiger partial charge in [-0.2, -0.15) is 0 Å². The van der Waals surface area contributed by atoms with Gasteiger partial charge in [-0.1, -0.05) is 28.1 Å². The highest BCUT2D eigenvalue weighted by Gasteiger charge is 2.47. The minimum absolute atomic E-state index is 0.345. The molecule has 17 heavy (non-hydrogen) atoms. The van der Waals surface area contributed by atoms with Gasteiger partial charge in [0.05, 0.1) is 0 Å². The molecule has 0 aromatic heterocycles. The molecule has 0 aliphatic carbocycles. The van der Waals surface area contributed by atoms with Crippen LogP contribution in [0.1, 0.15) is 17.2 Å². The summed E-state index contributed by atoms with van der Waals surface area (Å²) in [6, 6.07) is 3.66. The van der Waals surface area contributed by atoms with Crippen LogP contribution in [0.25, 0.3) is 0 Å². The summed E-state index contributed by atoms with van der Waals surface area (Å²) in [6.07, 6.45) is -0.826. The molecule has 1 saturated heterocycles. The highest BCUT2D eigenvalue weighted by molar-refractivity contribution is 9.10. The number of alkyl carbamates (subject to hydrolysis) is 1. The van der Waals surface area contributed by atoms with Crippen LogP contribution in [0.2, 0.25) is 0 Å². The van der Waals surface area contributed by atoms with Gasteiger partial charge in [-0.3, -0.25) is 0 Å². The molecular formula is C11H10BrF2NO2. The molecule has 1 atom stereocenters. The highest BCUT2D eigenvalue weighted by Crippen LogP contribution is 2.37. The molecule has 1 aromatic rings. The van der Waals surface area contributed by atoms with Crippen LogP contribution in [-0.2, 0) is 4.74 Å². The van der Waals surface area contributed by atoms with Crippen molar-refractivity contribution in [2.75, 3.05) is 6.61 Å². The third-order valence-electron chi connectivity index (χ3n) is 2.55. The summed E-state index contributed by atoms with van der Waals surface area (Å²) in [5.41, 5.74) is 1.29. The Bertz CT molecular complexity index is 465. The van der Waals surface area contributed by atoms with E-state index in [2.05, 4.69) is 26.0 Å². The number of hydrogen-bond acceptors (Lipinski definition) is 2. The van der Waals surface area contributed by atoms with E-state index < -0.39 is 24.7 Å². The molecule has 2 rings (SSSR count). The van der Waals surface area contributed by atoms with Crippen molar-refractivity contribution >= 4 is 22.0 Å². The van der Waals surface area contributed by atoms with Gasteiger partial charge in [0.1, 0.15) is 6.04 Å². The van der Waals surface area contributed by atoms with Gasteiger partial charge in [0.15, 0.2) is 6.61 Å². The van der Waals surface area contributed by atoms with Crippen molar-refractivity contribution in [2.45, 2.75) is 18.9 Å². The molecule has 1 aliphatic heterocycles. The summed E-state index contributed by atoms with van der Waals surface area (Å²) in [4.78, 5) is 11.0. The molecule has 0 bridgehead atoms. The number of halogens is 3. The van der Waals surface area contributed by atoms with E-state index in [1.54, 1.807) is 18.2 Å². The maximum atomic E-state index is 13.6. The lowest BCUT2D eigenvalue weighted by Gasteiger charge is -2.32. The molecule has 1 aromatic carbocycles. The molecule has 1 aliphatic rings. The van der Waals surface area contributed by atoms with Gasteiger partial charge < -0.3 is 10.1 Å². The first-order chi connectivity index (χ1) is 7.90. The lowest BCUT2D eigenvalue weighted by atomic mass is 9.99. The fraction of sp³-hybridized carbons (Fsp3) is 0.364. The van der Waals surface area contributed by atoms with E-state index in [1.807, 2.05) is 6.92 Å². The molecule has 1 N–H and O–H groups in total. The van der Waals surface area contributed by atoms with Crippen molar-refractivity contribution in [3.8, 4) is 0 Å². The van der Waals surface area contributed by atoms with Crippen molar-refractivity contribution in [1.82, 2.24) is 5.32 Å². The Balaban J connectivity index is 2.39. The van der Waals surface area contributed by atoms with Crippen LogP contribution in [-0.4, -0.2) is 18.6 Å². The maximum absolute atomic E-state index is 13.6. The Hall–Kier alpha value is -1.17. The Morgan fingerprint density at radius 3 is 2.88 bits per heavy atom. The number of benzene rings is 1. The smallest absolute Gasteiger partial charge is 0.408 e. The number of aryl methyl sites for hydroxylation is 1. The molecule has 3 nitrogen and oxygen atoms in total. The molecule has 1 fully saturated rings. The van der Waals surface area contributed by atoms with Crippen LogP contribution in [0.15, 0.2) is 22.7 Å². The molecule has 0 saturated carbocycles. The van der Waals surface area contributed by atoms with Gasteiger partial charge >= 0.3 is 12.0 Å². The summed E-state index contributed by atoms with van der Waals surface area (Å²) < 4.78 is 32.1. The van der Waals surface area contributed by atoms with E-state index >= 15 is 0 Å². The number of ether oxygens (including phenoxy) is 1. The van der Waals surface area contributed by atoms with Crippen LogP contribution in [0.5, 0.6) is 0 Å². The number of cyclic esters (lactones) is 1. The minimum Gasteiger partial charge on any atom is -0.443 e. The number of carbonyl (C=O) groups is 1. The maximum Gasteiger partial charge on any atom is 0.408 e. The molecule has 6 heteroatoms. The van der Waals surface area contributed by atoms with E-state index in [9.17, 15) is 13.6 Å². The predicted octanol–water partition coefficient (Wildman–Crippen LogP) is 3.17. The number of rotatable bonds is 1. The first-order valence-electron chi connectivity index (χ1n) is 4.97. The van der Waals surface area contributed by atoms with E-state index in [4.69, 9.17) is 0 Å². The number of carbonyl (C=O) groups excluding carboxylic acids is 1. The first-order valence-corrected chi connectivity index (χ1v) is 5.76. The first kappa shape index (κ1) is 12.3. The molecule has 0 radical (unpaired) electrons. The van der Waals surface area contributed by atoms with Crippen LogP contribution >= 0.6 is 15.9 Å². The second-order valence-corrected chi connectivity index (χ2v) is 4.79. The minimum atomic E-state index is -3.12. The fourth-order valence-electron chi connectivity index (χ4n) is 1.68. The second-order valence-electron chi connectivity index (χ2n) is 3.94. The zero-order valence-corrected chi connectivity index (χ0v) is 10.6. The Morgan fingerprint density at radius 2 is 2.24 bits per heavy atom. The molecular weight excluding hydrogens is 296 g/mol. The average Bonchev–Trinajstić information content (AvgIpc) is 2.23. The molecule has 1 heterocycles. The molecule has 0 spiro atoms. The van der Waals surface area contributed by atoms with E-state index in [-0.39, 0.29) is 0 Å². The van der Waals surface area contributed by atoms with Crippen molar-refractivity contribution in [3.05, 3.63) is 33.8 Å². The molecule has 1 amide bonds. The van der Waals surface area contributed by atoms with E-state index in [0.29, 0.717) is 10.0 Å². The van der Waals surface area contributed by atoms with Crippen molar-refractivity contribution in [3.63, 3.8) is 0 Å². The van der Waals surface area contributed by atoms with Crippen molar-refractivity contribution < 1.29 is 18.3 Å². The highest BCUT2D eigenvalue weighted by atomic mass is 79.9. The van der Waals surface area contributed by atoms with Gasteiger partial charge in [0.2, 0.25) is 0 Å². The third-order valence-corrected chi connectivity index (χ3v) is 3.23. The number of amides is 1. The van der Waals surface area contributed by atoms with E-state index in [0.717, 1.165) is 5.56 Å². The normalized spacial score (nSPS) is 22.8. The zero-order chi connectivity index (χ0) is 12.6. The summed E-state index contributed by atoms with van der Waals surface area (Å²) in [5, 5.41) is 2.14. The van der Waals surface area contributed by atoms with Gasteiger partial charge in [0, 0.05) is 4.47 Å². The standard InChI is InChI=1S/C11H10BrF2NO2/c1-6-2-3-7(8(12)4-6)9-11(13,14)5-17-10(16)15-9/h2-4,9H,5H2,1H3,(H,15,16)/t9-/m0/s1. The number of alkyl halides is 2. The van der Waals surface area contributed by atoms with Gasteiger partial charge in [-0.25, -0.2) is 13.6 Å². The van der Waals surface area contributed by atoms with Crippen LogP contribution in [0, 0.1) is 6.92 Å². The van der Waals surface area contributed by atoms with Crippen molar-refractivity contribution in [1.29, 1.82) is 0 Å². The van der Waals surface area contributed by atoms with Crippen molar-refractivity contribution in [2.24, 2.45) is 0 Å². The third kappa shape index (κ3) is 2.41. The van der Waals surface area contributed by atoms with Gasteiger partial charge in [-0.05, 0) is 24.1 Å². The van der Waals surface area contributed by atoms with Crippen LogP contribution in [0.4, 0.5) is 13.6 Å². The van der Waals surface area contributed by atoms with Crippen LogP contribution < -0.4 is 5.32 Å². The number of nitrogens with one attached hydrogen (secondary N) is 1. The van der Waals surface area contributed by atoms with Gasteiger partial charge in [0.25, 0.3) is 0 Å². The fourth-order valence-corrected chi connectivity index (χ4v) is 2.40. The lowest BCUT2D eigenvalue weighted by Crippen LogP contribution is -2.49. The topological polar surface area (TPSA) is 38.3 Å². The zero-order valence-electron chi connectivity index (χ0n) is 8.97. The second kappa shape index (κ2) is 4.25. The largest absolute Gasteiger partial charge is 0.443 e. The Morgan fingerprint density at radius 1 is 1.53 bits per heavy atom. The summed E-state index contributed by atoms with van der Waals surface area (Å²) in [7, 11) is 0. The lowest BCUT2D eigenvalue weighted by molar-refractivity contribution is -0.104. The molecule has 0 unspecified atom stereocenters. The summed E-state index contributed by atoms with van der Waals surface area (Å²) >= 11 is 3.23. The Kier molecular flexibility index (Phi) is 3.07. The van der Waals surface area contributed by atoms with Gasteiger partial charge in [-0.15, -0.1) is 0 Å². The monoisotopic (exact) mass is 305 g/mol. The quantitative estimate of drug-likeness (QED) is 0.865. The summed E-state index contributed by atoms with van der Waals surface area (Å²) in [6.45, 7) is 0.957. The average molecular weight is 306 g/mol. The van der Waals surface area contributed by atoms with E-state index in [1.165, 1.54) is 0 Å². The molecule has 92 valence electrons.